The zero-order chi connectivity index (χ0) is 22.6. The number of aliphatic hydroxyl groups is 2. The van der Waals surface area contributed by atoms with Gasteiger partial charge in [-0.05, 0) is 116 Å². The maximum atomic E-state index is 11.2. The Kier molecular flexibility index (Phi) is 6.93. The Labute approximate surface area is 193 Å². The summed E-state index contributed by atoms with van der Waals surface area (Å²) in [6.07, 6.45) is 13.2. The summed E-state index contributed by atoms with van der Waals surface area (Å²) in [5.41, 5.74) is 0.732. The number of aliphatic hydroxyl groups excluding tert-OH is 2. The van der Waals surface area contributed by atoms with Crippen molar-refractivity contribution in [2.24, 2.45) is 58.2 Å². The molecule has 2 N–H and O–H groups in total. The molecule has 0 aromatic carbocycles. The minimum absolute atomic E-state index is 0.187. The maximum Gasteiger partial charge on any atom is 0.0577 e. The van der Waals surface area contributed by atoms with Crippen LogP contribution in [0.4, 0.5) is 0 Å². The lowest BCUT2D eigenvalue weighted by Crippen LogP contribution is -2.58. The predicted molar refractivity (Wildman–Crippen MR) is 130 cm³/mol. The van der Waals surface area contributed by atoms with Crippen molar-refractivity contribution in [3.63, 3.8) is 0 Å². The number of hydrogen-bond donors (Lipinski definition) is 2. The molecular formula is C29H52O2. The maximum absolute atomic E-state index is 11.2. The van der Waals surface area contributed by atoms with Crippen LogP contribution < -0.4 is 0 Å². The molecule has 4 aliphatic carbocycles. The molecule has 11 atom stereocenters. The first kappa shape index (κ1) is 24.1. The molecule has 0 aromatic rings. The molecule has 0 aliphatic heterocycles. The molecule has 0 amide bonds. The third-order valence-electron chi connectivity index (χ3n) is 11.9. The molecule has 0 radical (unpaired) electrons. The zero-order valence-corrected chi connectivity index (χ0v) is 21.4. The fourth-order valence-corrected chi connectivity index (χ4v) is 9.94. The van der Waals surface area contributed by atoms with E-state index in [4.69, 9.17) is 0 Å². The second-order valence-electron chi connectivity index (χ2n) is 13.4. The zero-order valence-electron chi connectivity index (χ0n) is 21.4. The fourth-order valence-electron chi connectivity index (χ4n) is 9.94. The van der Waals surface area contributed by atoms with Gasteiger partial charge in [-0.2, -0.15) is 0 Å². The third-order valence-corrected chi connectivity index (χ3v) is 11.9. The average Bonchev–Trinajstić information content (AvgIpc) is 3.07. The smallest absolute Gasteiger partial charge is 0.0577 e. The molecule has 2 heteroatoms. The van der Waals surface area contributed by atoms with Crippen LogP contribution in [0.1, 0.15) is 112 Å². The molecule has 0 heterocycles. The minimum Gasteiger partial charge on any atom is -0.393 e. The van der Waals surface area contributed by atoms with Crippen LogP contribution in [-0.2, 0) is 0 Å². The average molecular weight is 433 g/mol. The van der Waals surface area contributed by atoms with Crippen LogP contribution in [0, 0.1) is 58.2 Å². The summed E-state index contributed by atoms with van der Waals surface area (Å²) in [7, 11) is 0. The van der Waals surface area contributed by atoms with Gasteiger partial charge in [0.25, 0.3) is 0 Å². The molecule has 0 bridgehead atoms. The summed E-state index contributed by atoms with van der Waals surface area (Å²) in [6.45, 7) is 14.9. The van der Waals surface area contributed by atoms with Crippen LogP contribution in [0.3, 0.4) is 0 Å². The Morgan fingerprint density at radius 1 is 0.806 bits per heavy atom. The van der Waals surface area contributed by atoms with Crippen molar-refractivity contribution in [1.29, 1.82) is 0 Å². The Morgan fingerprint density at radius 2 is 1.48 bits per heavy atom. The van der Waals surface area contributed by atoms with Gasteiger partial charge in [0.1, 0.15) is 0 Å². The molecule has 31 heavy (non-hydrogen) atoms. The Balaban J connectivity index is 1.48. The Morgan fingerprint density at radius 3 is 2.16 bits per heavy atom. The van der Waals surface area contributed by atoms with Crippen LogP contribution in [0.15, 0.2) is 0 Å². The van der Waals surface area contributed by atoms with E-state index in [1.165, 1.54) is 44.9 Å². The van der Waals surface area contributed by atoms with Gasteiger partial charge in [-0.25, -0.2) is 0 Å². The van der Waals surface area contributed by atoms with E-state index in [-0.39, 0.29) is 17.6 Å². The molecule has 4 saturated carbocycles. The predicted octanol–water partition coefficient (Wildman–Crippen LogP) is 7.08. The largest absolute Gasteiger partial charge is 0.393 e. The molecule has 3 unspecified atom stereocenters. The van der Waals surface area contributed by atoms with Crippen LogP contribution in [0.5, 0.6) is 0 Å². The quantitative estimate of drug-likeness (QED) is 0.471. The van der Waals surface area contributed by atoms with Gasteiger partial charge in [-0.3, -0.25) is 0 Å². The summed E-state index contributed by atoms with van der Waals surface area (Å²) in [6, 6.07) is 0. The molecule has 0 saturated heterocycles. The van der Waals surface area contributed by atoms with Gasteiger partial charge < -0.3 is 10.2 Å². The fraction of sp³-hybridized carbons (Fsp3) is 1.00. The topological polar surface area (TPSA) is 40.5 Å². The monoisotopic (exact) mass is 432 g/mol. The van der Waals surface area contributed by atoms with E-state index >= 15 is 0 Å². The highest BCUT2D eigenvalue weighted by Gasteiger charge is 2.62. The Bertz CT molecular complexity index is 616. The lowest BCUT2D eigenvalue weighted by molar-refractivity contribution is -0.172. The summed E-state index contributed by atoms with van der Waals surface area (Å²) in [5, 5.41) is 21.5. The summed E-state index contributed by atoms with van der Waals surface area (Å²) in [4.78, 5) is 0. The molecule has 0 spiro atoms. The highest BCUT2D eigenvalue weighted by Crippen LogP contribution is 2.68. The lowest BCUT2D eigenvalue weighted by Gasteiger charge is -2.62. The van der Waals surface area contributed by atoms with Gasteiger partial charge >= 0.3 is 0 Å². The van der Waals surface area contributed by atoms with Crippen LogP contribution in [0.25, 0.3) is 0 Å². The molecule has 4 fully saturated rings. The number of hydrogen-bond acceptors (Lipinski definition) is 2. The van der Waals surface area contributed by atoms with Crippen LogP contribution in [0.2, 0.25) is 0 Å². The van der Waals surface area contributed by atoms with E-state index < -0.39 is 0 Å². The second kappa shape index (κ2) is 8.94. The van der Waals surface area contributed by atoms with Crippen LogP contribution >= 0.6 is 0 Å². The highest BCUT2D eigenvalue weighted by atomic mass is 16.3. The van der Waals surface area contributed by atoms with Gasteiger partial charge in [0, 0.05) is 0 Å². The van der Waals surface area contributed by atoms with Crippen LogP contribution in [-0.4, -0.2) is 22.4 Å². The van der Waals surface area contributed by atoms with Crippen molar-refractivity contribution in [3.05, 3.63) is 0 Å². The first-order valence-electron chi connectivity index (χ1n) is 14.0. The van der Waals surface area contributed by atoms with Gasteiger partial charge in [0.2, 0.25) is 0 Å². The van der Waals surface area contributed by atoms with Crippen molar-refractivity contribution >= 4 is 0 Å². The normalized spacial score (nSPS) is 49.3. The van der Waals surface area contributed by atoms with E-state index in [0.29, 0.717) is 17.3 Å². The van der Waals surface area contributed by atoms with Gasteiger partial charge in [0.05, 0.1) is 12.2 Å². The van der Waals surface area contributed by atoms with E-state index in [9.17, 15) is 10.2 Å². The SMILES string of the molecule is CC[C@H](CC[C@@H](C)[C@H]1CC[C@H]2[C@@H]3CC(O)C4CC(O)CC[C@]4(C)[C@H]3CC[C@]12C)C(C)C. The van der Waals surface area contributed by atoms with E-state index in [0.717, 1.165) is 61.2 Å². The van der Waals surface area contributed by atoms with Gasteiger partial charge in [-0.15, -0.1) is 0 Å². The molecule has 180 valence electrons. The lowest BCUT2D eigenvalue weighted by atomic mass is 9.43. The van der Waals surface area contributed by atoms with E-state index in [1.807, 2.05) is 0 Å². The van der Waals surface area contributed by atoms with Crippen molar-refractivity contribution in [2.45, 2.75) is 124 Å². The first-order chi connectivity index (χ1) is 14.6. The highest BCUT2D eigenvalue weighted by molar-refractivity contribution is 5.11. The van der Waals surface area contributed by atoms with Gasteiger partial charge in [0.15, 0.2) is 0 Å². The Hall–Kier alpha value is -0.0800. The summed E-state index contributed by atoms with van der Waals surface area (Å²) < 4.78 is 0. The van der Waals surface area contributed by atoms with Crippen molar-refractivity contribution < 1.29 is 10.2 Å². The molecule has 0 aromatic heterocycles. The second-order valence-corrected chi connectivity index (χ2v) is 13.4. The number of rotatable bonds is 6. The molecule has 4 rings (SSSR count). The van der Waals surface area contributed by atoms with Crippen molar-refractivity contribution in [2.75, 3.05) is 0 Å². The number of fused-ring (bicyclic) bond motifs is 5. The third kappa shape index (κ3) is 4.05. The summed E-state index contributed by atoms with van der Waals surface area (Å²) in [5.74, 6) is 6.01. The minimum atomic E-state index is -0.198. The van der Waals surface area contributed by atoms with E-state index in [2.05, 4.69) is 41.5 Å². The first-order valence-corrected chi connectivity index (χ1v) is 14.0. The molecule has 4 aliphatic rings. The standard InChI is InChI=1S/C29H52O2/c1-7-20(18(2)3)9-8-19(4)23-10-11-24-22-17-27(31)26-16-21(30)12-14-29(26,6)25(22)13-15-28(23,24)5/h18-27,30-31H,7-17H2,1-6H3/t19-,20-,21?,22+,23-,24+,25+,26?,27?,28-,29-/m1/s1. The van der Waals surface area contributed by atoms with Crippen molar-refractivity contribution in [1.82, 2.24) is 0 Å². The molecule has 2 nitrogen and oxygen atoms in total. The molecular weight excluding hydrogens is 380 g/mol. The van der Waals surface area contributed by atoms with Crippen molar-refractivity contribution in [3.8, 4) is 0 Å². The summed E-state index contributed by atoms with van der Waals surface area (Å²) >= 11 is 0. The van der Waals surface area contributed by atoms with Gasteiger partial charge in [-0.1, -0.05) is 54.4 Å². The van der Waals surface area contributed by atoms with E-state index in [1.54, 1.807) is 0 Å².